The van der Waals surface area contributed by atoms with Crippen molar-refractivity contribution in [2.24, 2.45) is 11.1 Å². The highest BCUT2D eigenvalue weighted by molar-refractivity contribution is 7.13. The summed E-state index contributed by atoms with van der Waals surface area (Å²) in [6.07, 6.45) is 2.25. The summed E-state index contributed by atoms with van der Waals surface area (Å²) < 4.78 is 0. The number of likely N-dealkylation sites (tertiary alicyclic amines) is 1. The van der Waals surface area contributed by atoms with Crippen LogP contribution in [0.5, 0.6) is 0 Å². The van der Waals surface area contributed by atoms with Crippen molar-refractivity contribution in [1.29, 1.82) is 0 Å². The van der Waals surface area contributed by atoms with E-state index in [1.165, 1.54) is 11.3 Å². The number of carboxylic acids is 1. The van der Waals surface area contributed by atoms with Gasteiger partial charge in [-0.1, -0.05) is 0 Å². The first-order valence-corrected chi connectivity index (χ1v) is 8.75. The van der Waals surface area contributed by atoms with Gasteiger partial charge in [-0.3, -0.25) is 14.4 Å². The van der Waals surface area contributed by atoms with Gasteiger partial charge >= 0.3 is 5.97 Å². The zero-order chi connectivity index (χ0) is 18.6. The van der Waals surface area contributed by atoms with E-state index in [1.54, 1.807) is 5.38 Å². The Balaban J connectivity index is 0.000000701. The van der Waals surface area contributed by atoms with E-state index in [-0.39, 0.29) is 18.2 Å². The summed E-state index contributed by atoms with van der Waals surface area (Å²) in [5, 5.41) is 19.0. The molecule has 0 bridgehead atoms. The first kappa shape index (κ1) is 19.1. The fraction of sp³-hybridized carbons (Fsp3) is 0.600. The lowest BCUT2D eigenvalue weighted by atomic mass is 9.68. The Morgan fingerprint density at radius 2 is 2.12 bits per heavy atom. The van der Waals surface area contributed by atoms with Crippen molar-refractivity contribution in [2.75, 3.05) is 31.6 Å². The number of nitrogens with two attached hydrogens (primary N) is 1. The molecule has 1 amide bonds. The number of anilines is 1. The van der Waals surface area contributed by atoms with E-state index < -0.39 is 17.3 Å². The minimum Gasteiger partial charge on any atom is -0.483 e. The Bertz CT molecular complexity index is 652. The summed E-state index contributed by atoms with van der Waals surface area (Å²) in [6, 6.07) is -0.0339. The third-order valence-corrected chi connectivity index (χ3v) is 5.87. The van der Waals surface area contributed by atoms with Gasteiger partial charge in [0, 0.05) is 24.5 Å². The van der Waals surface area contributed by atoms with Crippen LogP contribution in [0.1, 0.15) is 29.8 Å². The molecule has 0 aromatic carbocycles. The van der Waals surface area contributed by atoms with E-state index in [9.17, 15) is 14.7 Å². The minimum atomic E-state index is -0.694. The topological polar surface area (TPSA) is 137 Å². The predicted molar refractivity (Wildman–Crippen MR) is 91.9 cm³/mol. The number of hydrogen-bond donors (Lipinski definition) is 3. The Morgan fingerprint density at radius 1 is 1.44 bits per heavy atom. The van der Waals surface area contributed by atoms with E-state index in [0.717, 1.165) is 24.5 Å². The van der Waals surface area contributed by atoms with Crippen LogP contribution in [-0.4, -0.2) is 71.2 Å². The third-order valence-electron chi connectivity index (χ3n) is 4.97. The van der Waals surface area contributed by atoms with Crippen LogP contribution >= 0.6 is 11.3 Å². The Kier molecular flexibility index (Phi) is 5.96. The van der Waals surface area contributed by atoms with Gasteiger partial charge in [0.1, 0.15) is 5.69 Å². The average Bonchev–Trinajstić information content (AvgIpc) is 3.06. The number of fused-ring (bicyclic) bond motifs is 1. The molecule has 25 heavy (non-hydrogen) atoms. The molecule has 0 unspecified atom stereocenters. The van der Waals surface area contributed by atoms with E-state index in [4.69, 9.17) is 15.6 Å². The Morgan fingerprint density at radius 3 is 2.68 bits per heavy atom. The van der Waals surface area contributed by atoms with Gasteiger partial charge in [0.05, 0.1) is 5.41 Å². The summed E-state index contributed by atoms with van der Waals surface area (Å²) in [6.45, 7) is 1.93. The van der Waals surface area contributed by atoms with E-state index in [0.29, 0.717) is 19.5 Å². The van der Waals surface area contributed by atoms with Gasteiger partial charge in [0.2, 0.25) is 0 Å². The molecule has 2 fully saturated rings. The number of primary amides is 1. The number of carbonyl (C=O) groups is 3. The number of carbonyl (C=O) groups excluding carboxylic acids is 1. The maximum Gasteiger partial charge on any atom is 0.311 e. The number of aromatic nitrogens is 1. The van der Waals surface area contributed by atoms with Crippen molar-refractivity contribution in [2.45, 2.75) is 25.3 Å². The van der Waals surface area contributed by atoms with Gasteiger partial charge in [0.25, 0.3) is 12.4 Å². The Hall–Kier alpha value is -2.20. The second-order valence-corrected chi connectivity index (χ2v) is 7.08. The van der Waals surface area contributed by atoms with Gasteiger partial charge in [-0.15, -0.1) is 11.3 Å². The number of thiazole rings is 1. The average molecular weight is 370 g/mol. The maximum absolute atomic E-state index is 11.9. The van der Waals surface area contributed by atoms with Gasteiger partial charge in [0.15, 0.2) is 5.13 Å². The van der Waals surface area contributed by atoms with Gasteiger partial charge in [-0.25, -0.2) is 4.98 Å². The molecule has 10 heteroatoms. The van der Waals surface area contributed by atoms with Crippen molar-refractivity contribution < 1.29 is 24.6 Å². The predicted octanol–water partition coefficient (Wildman–Crippen LogP) is 0.318. The number of aliphatic carboxylic acids is 1. The lowest BCUT2D eigenvalue weighted by Crippen LogP contribution is -2.63. The zero-order valence-corrected chi connectivity index (χ0v) is 14.7. The van der Waals surface area contributed by atoms with E-state index >= 15 is 0 Å². The molecule has 0 aliphatic carbocycles. The molecule has 4 N–H and O–H groups in total. The second-order valence-electron chi connectivity index (χ2n) is 6.24. The van der Waals surface area contributed by atoms with Crippen molar-refractivity contribution in [1.82, 2.24) is 9.88 Å². The lowest BCUT2D eigenvalue weighted by Gasteiger charge is -2.51. The smallest absolute Gasteiger partial charge is 0.311 e. The van der Waals surface area contributed by atoms with Crippen molar-refractivity contribution in [3.63, 3.8) is 0 Å². The molecule has 1 aromatic heterocycles. The number of piperidine rings is 2. The number of rotatable bonds is 3. The Labute approximate surface area is 149 Å². The molecule has 2 aliphatic heterocycles. The summed E-state index contributed by atoms with van der Waals surface area (Å²) in [5.74, 6) is -1.23. The lowest BCUT2D eigenvalue weighted by molar-refractivity contribution is -0.158. The fourth-order valence-corrected chi connectivity index (χ4v) is 4.53. The van der Waals surface area contributed by atoms with Crippen LogP contribution < -0.4 is 10.6 Å². The molecular weight excluding hydrogens is 348 g/mol. The first-order chi connectivity index (χ1) is 11.9. The summed E-state index contributed by atoms with van der Waals surface area (Å²) >= 11 is 1.38. The first-order valence-electron chi connectivity index (χ1n) is 7.87. The molecule has 3 heterocycles. The SMILES string of the molecule is CN1CCC[C@]2(C(=O)O)CCN(c3nc(C(N)=O)cs3)C[C@@H]12.O=CO. The van der Waals surface area contributed by atoms with Crippen LogP contribution in [0.4, 0.5) is 5.13 Å². The monoisotopic (exact) mass is 370 g/mol. The summed E-state index contributed by atoms with van der Waals surface area (Å²) in [7, 11) is 1.99. The highest BCUT2D eigenvalue weighted by Crippen LogP contribution is 2.43. The number of likely N-dealkylation sites (N-methyl/N-ethyl adjacent to an activating group) is 1. The zero-order valence-electron chi connectivity index (χ0n) is 13.9. The minimum absolute atomic E-state index is 0.0339. The van der Waals surface area contributed by atoms with Gasteiger partial charge in [-0.2, -0.15) is 0 Å². The summed E-state index contributed by atoms with van der Waals surface area (Å²) in [4.78, 5) is 39.9. The van der Waals surface area contributed by atoms with Crippen LogP contribution in [0.15, 0.2) is 5.38 Å². The van der Waals surface area contributed by atoms with Crippen LogP contribution in [0.25, 0.3) is 0 Å². The molecule has 0 radical (unpaired) electrons. The van der Waals surface area contributed by atoms with Crippen LogP contribution in [0.3, 0.4) is 0 Å². The normalized spacial score (nSPS) is 26.1. The highest BCUT2D eigenvalue weighted by Gasteiger charge is 2.52. The van der Waals surface area contributed by atoms with Crippen LogP contribution in [0, 0.1) is 5.41 Å². The number of nitrogens with zero attached hydrogens (tertiary/aromatic N) is 3. The number of carboxylic acid groups (broad SMARTS) is 2. The molecule has 9 nitrogen and oxygen atoms in total. The van der Waals surface area contributed by atoms with Crippen molar-refractivity contribution >= 4 is 34.8 Å². The highest BCUT2D eigenvalue weighted by atomic mass is 32.1. The molecule has 1 aromatic rings. The van der Waals surface area contributed by atoms with Crippen molar-refractivity contribution in [3.8, 4) is 0 Å². The standard InChI is InChI=1S/C14H20N4O3S.CH2O2/c1-17-5-2-3-14(12(20)21)4-6-18(7-10(14)17)13-16-9(8-22-13)11(15)19;2-1-3/h8,10H,2-7H2,1H3,(H2,15,19)(H,20,21);1H,(H,2,3)/t10-,14+;/m1./s1. The molecule has 3 rings (SSSR count). The number of hydrogen-bond acceptors (Lipinski definition) is 7. The molecule has 138 valence electrons. The third kappa shape index (κ3) is 3.74. The quantitative estimate of drug-likeness (QED) is 0.647. The van der Waals surface area contributed by atoms with Crippen LogP contribution in [-0.2, 0) is 9.59 Å². The second kappa shape index (κ2) is 7.79. The molecule has 2 atom stereocenters. The molecule has 2 saturated heterocycles. The number of amides is 1. The molecule has 0 spiro atoms. The fourth-order valence-electron chi connectivity index (χ4n) is 3.68. The molecular formula is C15H22N4O5S. The van der Waals surface area contributed by atoms with Gasteiger partial charge < -0.3 is 25.7 Å². The van der Waals surface area contributed by atoms with E-state index in [2.05, 4.69) is 14.8 Å². The largest absolute Gasteiger partial charge is 0.483 e. The molecule has 2 aliphatic rings. The van der Waals surface area contributed by atoms with Crippen LogP contribution in [0.2, 0.25) is 0 Å². The van der Waals surface area contributed by atoms with Gasteiger partial charge in [-0.05, 0) is 32.9 Å². The van der Waals surface area contributed by atoms with E-state index in [1.807, 2.05) is 7.05 Å². The van der Waals surface area contributed by atoms with Crippen molar-refractivity contribution in [3.05, 3.63) is 11.1 Å². The maximum atomic E-state index is 11.9. The summed E-state index contributed by atoms with van der Waals surface area (Å²) in [5.41, 5.74) is 4.86. The molecule has 0 saturated carbocycles.